The molecule has 0 aromatic heterocycles. The molecule has 0 aliphatic carbocycles. The van der Waals surface area contributed by atoms with E-state index in [1.807, 2.05) is 47.4 Å². The third-order valence-corrected chi connectivity index (χ3v) is 6.06. The number of aryl methyl sites for hydroxylation is 1. The van der Waals surface area contributed by atoms with Crippen molar-refractivity contribution >= 4 is 35.0 Å². The lowest BCUT2D eigenvalue weighted by Crippen LogP contribution is -2.28. The summed E-state index contributed by atoms with van der Waals surface area (Å²) in [4.78, 5) is 26.7. The van der Waals surface area contributed by atoms with E-state index < -0.39 is 0 Å². The molecule has 0 unspecified atom stereocenters. The van der Waals surface area contributed by atoms with Crippen LogP contribution in [0.25, 0.3) is 0 Å². The SMILES string of the molecule is CCCCC(=O)Nc1cccc([C@H]2SCC(=O)N2c2ccccc2CCC)c1. The fourth-order valence-corrected chi connectivity index (χ4v) is 4.65. The van der Waals surface area contributed by atoms with Crippen LogP contribution >= 0.6 is 11.8 Å². The maximum absolute atomic E-state index is 12.7. The summed E-state index contributed by atoms with van der Waals surface area (Å²) in [6.45, 7) is 4.23. The smallest absolute Gasteiger partial charge is 0.238 e. The van der Waals surface area contributed by atoms with Gasteiger partial charge in [-0.3, -0.25) is 14.5 Å². The lowest BCUT2D eigenvalue weighted by molar-refractivity contribution is -0.117. The molecule has 1 saturated heterocycles. The zero-order chi connectivity index (χ0) is 19.9. The molecule has 5 heteroatoms. The Hall–Kier alpha value is -2.27. The number of amides is 2. The van der Waals surface area contributed by atoms with Crippen LogP contribution in [0.15, 0.2) is 48.5 Å². The van der Waals surface area contributed by atoms with Crippen LogP contribution in [-0.2, 0) is 16.0 Å². The van der Waals surface area contributed by atoms with Crippen molar-refractivity contribution in [3.63, 3.8) is 0 Å². The molecule has 1 aliphatic rings. The van der Waals surface area contributed by atoms with E-state index in [0.29, 0.717) is 12.2 Å². The van der Waals surface area contributed by atoms with E-state index in [-0.39, 0.29) is 17.2 Å². The molecule has 0 spiro atoms. The molecular formula is C23H28N2O2S. The number of nitrogens with zero attached hydrogens (tertiary/aromatic N) is 1. The molecule has 2 amide bonds. The van der Waals surface area contributed by atoms with Crippen LogP contribution in [-0.4, -0.2) is 17.6 Å². The van der Waals surface area contributed by atoms with Crippen molar-refractivity contribution in [1.82, 2.24) is 0 Å². The normalized spacial score (nSPS) is 16.4. The average molecular weight is 397 g/mol. The number of benzene rings is 2. The molecular weight excluding hydrogens is 368 g/mol. The van der Waals surface area contributed by atoms with Crippen LogP contribution in [0.5, 0.6) is 0 Å². The number of hydrogen-bond donors (Lipinski definition) is 1. The summed E-state index contributed by atoms with van der Waals surface area (Å²) in [5.74, 6) is 0.647. The molecule has 1 fully saturated rings. The lowest BCUT2D eigenvalue weighted by atomic mass is 10.1. The highest BCUT2D eigenvalue weighted by Crippen LogP contribution is 2.43. The third kappa shape index (κ3) is 4.76. The summed E-state index contributed by atoms with van der Waals surface area (Å²) in [7, 11) is 0. The van der Waals surface area contributed by atoms with Crippen LogP contribution in [0.1, 0.15) is 56.0 Å². The van der Waals surface area contributed by atoms with Crippen LogP contribution in [0.4, 0.5) is 11.4 Å². The Morgan fingerprint density at radius 3 is 2.75 bits per heavy atom. The summed E-state index contributed by atoms with van der Waals surface area (Å²) in [5.41, 5.74) is 4.03. The molecule has 148 valence electrons. The molecule has 4 nitrogen and oxygen atoms in total. The minimum Gasteiger partial charge on any atom is -0.326 e. The van der Waals surface area contributed by atoms with Crippen molar-refractivity contribution in [3.05, 3.63) is 59.7 Å². The van der Waals surface area contributed by atoms with Crippen molar-refractivity contribution in [2.75, 3.05) is 16.0 Å². The number of rotatable bonds is 8. The van der Waals surface area contributed by atoms with E-state index in [1.54, 1.807) is 11.8 Å². The molecule has 1 aliphatic heterocycles. The molecule has 1 atom stereocenters. The number of nitrogens with one attached hydrogen (secondary N) is 1. The van der Waals surface area contributed by atoms with Gasteiger partial charge in [-0.05, 0) is 42.2 Å². The van der Waals surface area contributed by atoms with Gasteiger partial charge in [-0.2, -0.15) is 0 Å². The summed E-state index contributed by atoms with van der Waals surface area (Å²) < 4.78 is 0. The van der Waals surface area contributed by atoms with Gasteiger partial charge in [0, 0.05) is 17.8 Å². The van der Waals surface area contributed by atoms with Crippen molar-refractivity contribution in [3.8, 4) is 0 Å². The molecule has 1 heterocycles. The quantitative estimate of drug-likeness (QED) is 0.637. The van der Waals surface area contributed by atoms with Gasteiger partial charge in [-0.15, -0.1) is 11.8 Å². The fraction of sp³-hybridized carbons (Fsp3) is 0.391. The van der Waals surface area contributed by atoms with Crippen LogP contribution < -0.4 is 10.2 Å². The van der Waals surface area contributed by atoms with Crippen LogP contribution in [0.2, 0.25) is 0 Å². The maximum Gasteiger partial charge on any atom is 0.238 e. The zero-order valence-electron chi connectivity index (χ0n) is 16.6. The van der Waals surface area contributed by atoms with E-state index in [0.717, 1.165) is 42.6 Å². The lowest BCUT2D eigenvalue weighted by Gasteiger charge is -2.27. The summed E-state index contributed by atoms with van der Waals surface area (Å²) in [5, 5.41) is 2.92. The predicted octanol–water partition coefficient (Wildman–Crippen LogP) is 5.55. The Kier molecular flexibility index (Phi) is 7.15. The van der Waals surface area contributed by atoms with Gasteiger partial charge in [0.2, 0.25) is 11.8 Å². The molecule has 0 bridgehead atoms. The molecule has 3 rings (SSSR count). The number of para-hydroxylation sites is 1. The Bertz CT molecular complexity index is 837. The molecule has 28 heavy (non-hydrogen) atoms. The predicted molar refractivity (Wildman–Crippen MR) is 118 cm³/mol. The highest BCUT2D eigenvalue weighted by molar-refractivity contribution is 8.00. The first-order valence-corrected chi connectivity index (χ1v) is 11.1. The molecule has 2 aromatic rings. The first kappa shape index (κ1) is 20.5. The molecule has 2 aromatic carbocycles. The monoisotopic (exact) mass is 396 g/mol. The highest BCUT2D eigenvalue weighted by atomic mass is 32.2. The summed E-state index contributed by atoms with van der Waals surface area (Å²) in [6.07, 6.45) is 4.41. The Labute approximate surface area is 171 Å². The fourth-order valence-electron chi connectivity index (χ4n) is 3.49. The second kappa shape index (κ2) is 9.78. The Morgan fingerprint density at radius 2 is 1.96 bits per heavy atom. The highest BCUT2D eigenvalue weighted by Gasteiger charge is 2.35. The minimum atomic E-state index is -0.0713. The van der Waals surface area contributed by atoms with Gasteiger partial charge in [-0.25, -0.2) is 0 Å². The van der Waals surface area contributed by atoms with E-state index in [4.69, 9.17) is 0 Å². The third-order valence-electron chi connectivity index (χ3n) is 4.85. The number of carbonyl (C=O) groups is 2. The van der Waals surface area contributed by atoms with Gasteiger partial charge in [-0.1, -0.05) is 57.0 Å². The topological polar surface area (TPSA) is 49.4 Å². The molecule has 1 N–H and O–H groups in total. The van der Waals surface area contributed by atoms with Crippen LogP contribution in [0, 0.1) is 0 Å². The van der Waals surface area contributed by atoms with Gasteiger partial charge in [0.15, 0.2) is 0 Å². The summed E-state index contributed by atoms with van der Waals surface area (Å²) >= 11 is 1.64. The van der Waals surface area contributed by atoms with Crippen LogP contribution in [0.3, 0.4) is 0 Å². The number of hydrogen-bond acceptors (Lipinski definition) is 3. The second-order valence-electron chi connectivity index (χ2n) is 7.08. The van der Waals surface area contributed by atoms with Crippen molar-refractivity contribution < 1.29 is 9.59 Å². The van der Waals surface area contributed by atoms with Gasteiger partial charge in [0.1, 0.15) is 5.37 Å². The van der Waals surface area contributed by atoms with Crippen molar-refractivity contribution in [2.45, 2.75) is 51.3 Å². The average Bonchev–Trinajstić information content (AvgIpc) is 3.08. The molecule has 0 radical (unpaired) electrons. The van der Waals surface area contributed by atoms with E-state index >= 15 is 0 Å². The Balaban J connectivity index is 1.85. The maximum atomic E-state index is 12.7. The minimum absolute atomic E-state index is 0.0410. The number of carbonyl (C=O) groups excluding carboxylic acids is 2. The number of anilines is 2. The first-order chi connectivity index (χ1) is 13.6. The van der Waals surface area contributed by atoms with Crippen molar-refractivity contribution in [2.24, 2.45) is 0 Å². The van der Waals surface area contributed by atoms with Gasteiger partial charge < -0.3 is 5.32 Å². The second-order valence-corrected chi connectivity index (χ2v) is 8.15. The van der Waals surface area contributed by atoms with Crippen molar-refractivity contribution in [1.29, 1.82) is 0 Å². The summed E-state index contributed by atoms with van der Waals surface area (Å²) in [6, 6.07) is 16.1. The molecule has 0 saturated carbocycles. The van der Waals surface area contributed by atoms with E-state index in [1.165, 1.54) is 5.56 Å². The number of thioether (sulfide) groups is 1. The first-order valence-electron chi connectivity index (χ1n) is 10.1. The van der Waals surface area contributed by atoms with E-state index in [9.17, 15) is 9.59 Å². The van der Waals surface area contributed by atoms with Gasteiger partial charge in [0.05, 0.1) is 5.75 Å². The van der Waals surface area contributed by atoms with E-state index in [2.05, 4.69) is 25.2 Å². The zero-order valence-corrected chi connectivity index (χ0v) is 17.4. The van der Waals surface area contributed by atoms with Gasteiger partial charge >= 0.3 is 0 Å². The standard InChI is InChI=1S/C23H28N2O2S/c1-3-5-14-21(26)24-19-12-8-11-18(15-19)23-25(22(27)16-28-23)20-13-7-6-10-17(20)9-4-2/h6-8,10-13,15,23H,3-5,9,14,16H2,1-2H3,(H,24,26)/t23-/m1/s1. The Morgan fingerprint density at radius 1 is 1.14 bits per heavy atom. The largest absolute Gasteiger partial charge is 0.326 e. The van der Waals surface area contributed by atoms with Gasteiger partial charge in [0.25, 0.3) is 0 Å². The number of unbranched alkanes of at least 4 members (excludes halogenated alkanes) is 1.